The van der Waals surface area contributed by atoms with Gasteiger partial charge in [0.1, 0.15) is 5.75 Å². The lowest BCUT2D eigenvalue weighted by Gasteiger charge is -2.28. The molecule has 3 rings (SSSR count). The SMILES string of the molecule is CCCC1CCC(c2ccc(OC(=O)c3ccncc3)cc2)CC1. The van der Waals surface area contributed by atoms with Crippen LogP contribution >= 0.6 is 0 Å². The van der Waals surface area contributed by atoms with Crippen molar-refractivity contribution in [2.24, 2.45) is 5.92 Å². The molecule has 24 heavy (non-hydrogen) atoms. The first-order valence-electron chi connectivity index (χ1n) is 8.98. The highest BCUT2D eigenvalue weighted by molar-refractivity contribution is 5.90. The van der Waals surface area contributed by atoms with Crippen molar-refractivity contribution in [2.45, 2.75) is 51.4 Å². The second kappa shape index (κ2) is 8.09. The van der Waals surface area contributed by atoms with Crippen LogP contribution < -0.4 is 4.74 Å². The van der Waals surface area contributed by atoms with Crippen LogP contribution in [0.1, 0.15) is 67.3 Å². The van der Waals surface area contributed by atoms with E-state index in [0.717, 1.165) is 5.92 Å². The lowest BCUT2D eigenvalue weighted by molar-refractivity contribution is 0.0734. The minimum absolute atomic E-state index is 0.342. The van der Waals surface area contributed by atoms with Crippen molar-refractivity contribution in [3.05, 3.63) is 59.9 Å². The van der Waals surface area contributed by atoms with Gasteiger partial charge in [-0.25, -0.2) is 4.79 Å². The van der Waals surface area contributed by atoms with Gasteiger partial charge in [-0.15, -0.1) is 0 Å². The molecule has 0 atom stereocenters. The fourth-order valence-electron chi connectivity index (χ4n) is 3.65. The quantitative estimate of drug-likeness (QED) is 0.548. The number of hydrogen-bond donors (Lipinski definition) is 0. The largest absolute Gasteiger partial charge is 0.423 e. The summed E-state index contributed by atoms with van der Waals surface area (Å²) in [5.41, 5.74) is 1.89. The van der Waals surface area contributed by atoms with Crippen molar-refractivity contribution < 1.29 is 9.53 Å². The van der Waals surface area contributed by atoms with Crippen molar-refractivity contribution in [3.8, 4) is 5.75 Å². The number of carbonyl (C=O) groups is 1. The Balaban J connectivity index is 1.57. The molecule has 3 nitrogen and oxygen atoms in total. The Labute approximate surface area is 144 Å². The van der Waals surface area contributed by atoms with Crippen LogP contribution in [-0.4, -0.2) is 11.0 Å². The molecule has 0 amide bonds. The summed E-state index contributed by atoms with van der Waals surface area (Å²) in [6.45, 7) is 2.28. The third kappa shape index (κ3) is 4.22. The van der Waals surface area contributed by atoms with E-state index < -0.39 is 0 Å². The number of rotatable bonds is 5. The third-order valence-corrected chi connectivity index (χ3v) is 5.02. The van der Waals surface area contributed by atoms with Crippen molar-refractivity contribution in [2.75, 3.05) is 0 Å². The topological polar surface area (TPSA) is 39.2 Å². The van der Waals surface area contributed by atoms with Crippen molar-refractivity contribution in [1.82, 2.24) is 4.98 Å². The highest BCUT2D eigenvalue weighted by Crippen LogP contribution is 2.37. The van der Waals surface area contributed by atoms with E-state index in [2.05, 4.69) is 24.0 Å². The summed E-state index contributed by atoms with van der Waals surface area (Å²) in [6, 6.07) is 11.4. The minimum atomic E-state index is -0.342. The second-order valence-electron chi connectivity index (χ2n) is 6.70. The van der Waals surface area contributed by atoms with Crippen molar-refractivity contribution >= 4 is 5.97 Å². The van der Waals surface area contributed by atoms with E-state index in [4.69, 9.17) is 4.74 Å². The maximum absolute atomic E-state index is 12.0. The van der Waals surface area contributed by atoms with Crippen LogP contribution in [0.4, 0.5) is 0 Å². The molecule has 0 radical (unpaired) electrons. The van der Waals surface area contributed by atoms with E-state index in [1.165, 1.54) is 44.1 Å². The Bertz CT molecular complexity index is 643. The van der Waals surface area contributed by atoms with Gasteiger partial charge >= 0.3 is 5.97 Å². The fourth-order valence-corrected chi connectivity index (χ4v) is 3.65. The molecule has 0 unspecified atom stereocenters. The molecule has 1 aliphatic rings. The van der Waals surface area contributed by atoms with Gasteiger partial charge in [0.25, 0.3) is 0 Å². The smallest absolute Gasteiger partial charge is 0.343 e. The monoisotopic (exact) mass is 323 g/mol. The molecule has 1 aliphatic carbocycles. The molecule has 2 aromatic rings. The van der Waals surface area contributed by atoms with E-state index in [1.54, 1.807) is 24.5 Å². The van der Waals surface area contributed by atoms with Crippen LogP contribution in [0, 0.1) is 5.92 Å². The van der Waals surface area contributed by atoms with Gasteiger partial charge < -0.3 is 4.74 Å². The molecule has 0 saturated heterocycles. The molecular formula is C21H25NO2. The summed E-state index contributed by atoms with van der Waals surface area (Å²) in [6.07, 6.45) is 11.1. The van der Waals surface area contributed by atoms with Crippen LogP contribution in [0.3, 0.4) is 0 Å². The molecule has 1 fully saturated rings. The van der Waals surface area contributed by atoms with Crippen LogP contribution in [0.15, 0.2) is 48.8 Å². The number of carbonyl (C=O) groups excluding carboxylic acids is 1. The number of aromatic nitrogens is 1. The Morgan fingerprint density at radius 1 is 1.04 bits per heavy atom. The molecule has 1 heterocycles. The summed E-state index contributed by atoms with van der Waals surface area (Å²) >= 11 is 0. The zero-order valence-corrected chi connectivity index (χ0v) is 14.3. The molecule has 1 aromatic carbocycles. The fraction of sp³-hybridized carbons (Fsp3) is 0.429. The number of benzene rings is 1. The zero-order valence-electron chi connectivity index (χ0n) is 14.3. The van der Waals surface area contributed by atoms with E-state index in [9.17, 15) is 4.79 Å². The number of nitrogens with zero attached hydrogens (tertiary/aromatic N) is 1. The summed E-state index contributed by atoms with van der Waals surface area (Å²) < 4.78 is 5.43. The van der Waals surface area contributed by atoms with Crippen molar-refractivity contribution in [3.63, 3.8) is 0 Å². The average molecular weight is 323 g/mol. The third-order valence-electron chi connectivity index (χ3n) is 5.02. The van der Waals surface area contributed by atoms with Gasteiger partial charge in [0.2, 0.25) is 0 Å². The van der Waals surface area contributed by atoms with Crippen LogP contribution in [0.25, 0.3) is 0 Å². The molecule has 1 aromatic heterocycles. The highest BCUT2D eigenvalue weighted by Gasteiger charge is 2.21. The molecule has 0 spiro atoms. The Morgan fingerprint density at radius 2 is 1.71 bits per heavy atom. The van der Waals surface area contributed by atoms with E-state index in [-0.39, 0.29) is 5.97 Å². The molecule has 126 valence electrons. The van der Waals surface area contributed by atoms with E-state index in [0.29, 0.717) is 17.2 Å². The predicted molar refractivity (Wildman–Crippen MR) is 95.2 cm³/mol. The second-order valence-corrected chi connectivity index (χ2v) is 6.70. The molecule has 1 saturated carbocycles. The zero-order chi connectivity index (χ0) is 16.8. The molecule has 3 heteroatoms. The van der Waals surface area contributed by atoms with Crippen molar-refractivity contribution in [1.29, 1.82) is 0 Å². The number of esters is 1. The van der Waals surface area contributed by atoms with Gasteiger partial charge in [-0.1, -0.05) is 31.9 Å². The first-order valence-corrected chi connectivity index (χ1v) is 8.98. The maximum atomic E-state index is 12.0. The lowest BCUT2D eigenvalue weighted by Crippen LogP contribution is -2.13. The summed E-state index contributed by atoms with van der Waals surface area (Å²) in [7, 11) is 0. The Hall–Kier alpha value is -2.16. The van der Waals surface area contributed by atoms with E-state index in [1.807, 2.05) is 12.1 Å². The Morgan fingerprint density at radius 3 is 2.33 bits per heavy atom. The highest BCUT2D eigenvalue weighted by atomic mass is 16.5. The van der Waals surface area contributed by atoms with Gasteiger partial charge in [0.15, 0.2) is 0 Å². The van der Waals surface area contributed by atoms with Gasteiger partial charge in [-0.05, 0) is 67.3 Å². The average Bonchev–Trinajstić information content (AvgIpc) is 2.64. The van der Waals surface area contributed by atoms with E-state index >= 15 is 0 Å². The molecule has 0 bridgehead atoms. The minimum Gasteiger partial charge on any atom is -0.423 e. The Kier molecular flexibility index (Phi) is 5.63. The molecule has 0 aliphatic heterocycles. The number of hydrogen-bond acceptors (Lipinski definition) is 3. The first kappa shape index (κ1) is 16.7. The van der Waals surface area contributed by atoms with Gasteiger partial charge in [-0.2, -0.15) is 0 Å². The molecular weight excluding hydrogens is 298 g/mol. The van der Waals surface area contributed by atoms with Gasteiger partial charge in [0.05, 0.1) is 5.56 Å². The van der Waals surface area contributed by atoms with Gasteiger partial charge in [0, 0.05) is 12.4 Å². The number of ether oxygens (including phenoxy) is 1. The predicted octanol–water partition coefficient (Wildman–Crippen LogP) is 5.37. The summed E-state index contributed by atoms with van der Waals surface area (Å²) in [4.78, 5) is 16.0. The van der Waals surface area contributed by atoms with Crippen LogP contribution in [0.5, 0.6) is 5.75 Å². The lowest BCUT2D eigenvalue weighted by atomic mass is 9.77. The standard InChI is InChI=1S/C21H25NO2/c1-2-3-16-4-6-17(7-5-16)18-8-10-20(11-9-18)24-21(23)19-12-14-22-15-13-19/h8-17H,2-7H2,1H3. The number of pyridine rings is 1. The van der Waals surface area contributed by atoms with Gasteiger partial charge in [-0.3, -0.25) is 4.98 Å². The summed E-state index contributed by atoms with van der Waals surface area (Å²) in [5, 5.41) is 0. The maximum Gasteiger partial charge on any atom is 0.343 e. The normalized spacial score (nSPS) is 20.5. The molecule has 0 N–H and O–H groups in total. The summed E-state index contributed by atoms with van der Waals surface area (Å²) in [5.74, 6) is 1.83. The van der Waals surface area contributed by atoms with Crippen LogP contribution in [0.2, 0.25) is 0 Å². The van der Waals surface area contributed by atoms with Crippen LogP contribution in [-0.2, 0) is 0 Å². The first-order chi connectivity index (χ1) is 11.8.